The van der Waals surface area contributed by atoms with Crippen LogP contribution in [0, 0.1) is 12.3 Å². The fourth-order valence-electron chi connectivity index (χ4n) is 1.77. The minimum Gasteiger partial charge on any atom is -0.330 e. The van der Waals surface area contributed by atoms with E-state index in [1.807, 2.05) is 0 Å². The lowest BCUT2D eigenvalue weighted by molar-refractivity contribution is 0.521. The van der Waals surface area contributed by atoms with E-state index < -0.39 is 0 Å². The molecule has 2 heteroatoms. The Balaban J connectivity index is 0.000000980. The number of nitrogens with two attached hydrogens (primary N) is 1. The highest BCUT2D eigenvalue weighted by Crippen LogP contribution is 2.47. The normalized spacial score (nSPS) is 17.3. The average Bonchev–Trinajstić information content (AvgIpc) is 2.90. The van der Waals surface area contributed by atoms with Crippen molar-refractivity contribution < 1.29 is 0 Å². The maximum atomic E-state index is 5.75. The Kier molecular flexibility index (Phi) is 3.57. The van der Waals surface area contributed by atoms with E-state index in [2.05, 4.69) is 31.2 Å². The van der Waals surface area contributed by atoms with E-state index in [9.17, 15) is 0 Å². The van der Waals surface area contributed by atoms with Gasteiger partial charge in [0.05, 0.1) is 0 Å². The van der Waals surface area contributed by atoms with Gasteiger partial charge < -0.3 is 5.73 Å². The zero-order chi connectivity index (χ0) is 9.31. The molecule has 1 fully saturated rings. The van der Waals surface area contributed by atoms with E-state index in [1.165, 1.54) is 30.4 Å². The molecule has 1 nitrogen and oxygen atoms in total. The van der Waals surface area contributed by atoms with Gasteiger partial charge in [0.25, 0.3) is 0 Å². The highest BCUT2D eigenvalue weighted by molar-refractivity contribution is 5.85. The number of rotatable bonds is 3. The summed E-state index contributed by atoms with van der Waals surface area (Å²) in [5.41, 5.74) is 8.99. The molecule has 1 aliphatic carbocycles. The smallest absolute Gasteiger partial charge is 0.00173 e. The van der Waals surface area contributed by atoms with Crippen LogP contribution in [0.1, 0.15) is 24.0 Å². The third-order valence-electron chi connectivity index (χ3n) is 3.09. The molecule has 1 saturated carbocycles. The largest absolute Gasteiger partial charge is 0.330 e. The lowest BCUT2D eigenvalue weighted by atomic mass is 9.96. The maximum Gasteiger partial charge on any atom is -0.00173 e. The molecule has 0 atom stereocenters. The predicted molar refractivity (Wildman–Crippen MR) is 62.9 cm³/mol. The van der Waals surface area contributed by atoms with Gasteiger partial charge in [0.2, 0.25) is 0 Å². The molecule has 14 heavy (non-hydrogen) atoms. The molecule has 0 spiro atoms. The van der Waals surface area contributed by atoms with Crippen molar-refractivity contribution in [3.05, 3.63) is 35.4 Å². The first-order valence-electron chi connectivity index (χ1n) is 5.00. The number of aryl methyl sites for hydroxylation is 1. The molecule has 0 radical (unpaired) electrons. The Labute approximate surface area is 92.1 Å². The van der Waals surface area contributed by atoms with Gasteiger partial charge in [0, 0.05) is 0 Å². The summed E-state index contributed by atoms with van der Waals surface area (Å²) in [6.45, 7) is 2.97. The van der Waals surface area contributed by atoms with Crippen molar-refractivity contribution in [2.24, 2.45) is 11.1 Å². The van der Waals surface area contributed by atoms with Crippen molar-refractivity contribution in [1.82, 2.24) is 0 Å². The third-order valence-corrected chi connectivity index (χ3v) is 3.09. The average molecular weight is 212 g/mol. The number of hydrogen-bond acceptors (Lipinski definition) is 1. The summed E-state index contributed by atoms with van der Waals surface area (Å²) < 4.78 is 0. The third kappa shape index (κ3) is 2.49. The highest BCUT2D eigenvalue weighted by Gasteiger charge is 2.40. The topological polar surface area (TPSA) is 26.0 Å². The summed E-state index contributed by atoms with van der Waals surface area (Å²) in [5, 5.41) is 0. The molecule has 0 saturated heterocycles. The minimum absolute atomic E-state index is 0. The van der Waals surface area contributed by atoms with Gasteiger partial charge in [-0.15, -0.1) is 12.4 Å². The van der Waals surface area contributed by atoms with Crippen LogP contribution in [0.4, 0.5) is 0 Å². The maximum absolute atomic E-state index is 5.75. The van der Waals surface area contributed by atoms with Gasteiger partial charge in [-0.1, -0.05) is 29.8 Å². The Morgan fingerprint density at radius 2 is 1.79 bits per heavy atom. The quantitative estimate of drug-likeness (QED) is 0.818. The van der Waals surface area contributed by atoms with Crippen LogP contribution in [0.25, 0.3) is 0 Å². The first kappa shape index (κ1) is 11.5. The number of benzene rings is 1. The fraction of sp³-hybridized carbons (Fsp3) is 0.500. The zero-order valence-corrected chi connectivity index (χ0v) is 9.44. The Hall–Kier alpha value is -0.530. The van der Waals surface area contributed by atoms with Crippen LogP contribution in [-0.2, 0) is 6.42 Å². The van der Waals surface area contributed by atoms with E-state index in [0.29, 0.717) is 5.41 Å². The van der Waals surface area contributed by atoms with Gasteiger partial charge >= 0.3 is 0 Å². The van der Waals surface area contributed by atoms with Crippen molar-refractivity contribution in [2.45, 2.75) is 26.2 Å². The highest BCUT2D eigenvalue weighted by atomic mass is 35.5. The molecule has 1 aromatic rings. The molecule has 78 valence electrons. The minimum atomic E-state index is 0. The van der Waals surface area contributed by atoms with Crippen LogP contribution in [-0.4, -0.2) is 6.54 Å². The molecule has 2 rings (SSSR count). The molecule has 0 bridgehead atoms. The lowest BCUT2D eigenvalue weighted by Crippen LogP contribution is -2.17. The van der Waals surface area contributed by atoms with Crippen LogP contribution >= 0.6 is 12.4 Å². The van der Waals surface area contributed by atoms with Crippen LogP contribution in [0.5, 0.6) is 0 Å². The summed E-state index contributed by atoms with van der Waals surface area (Å²) in [4.78, 5) is 0. The van der Waals surface area contributed by atoms with Crippen molar-refractivity contribution in [1.29, 1.82) is 0 Å². The SMILES string of the molecule is Cc1ccc(CC2(CN)CC2)cc1.Cl. The molecule has 1 aliphatic rings. The summed E-state index contributed by atoms with van der Waals surface area (Å²) in [5.74, 6) is 0. The second-order valence-corrected chi connectivity index (χ2v) is 4.37. The van der Waals surface area contributed by atoms with E-state index in [0.717, 1.165) is 6.54 Å². The van der Waals surface area contributed by atoms with Crippen molar-refractivity contribution in [3.63, 3.8) is 0 Å². The number of hydrogen-bond donors (Lipinski definition) is 1. The monoisotopic (exact) mass is 211 g/mol. The van der Waals surface area contributed by atoms with Crippen LogP contribution in [0.15, 0.2) is 24.3 Å². The van der Waals surface area contributed by atoms with E-state index >= 15 is 0 Å². The van der Waals surface area contributed by atoms with Gasteiger partial charge in [-0.25, -0.2) is 0 Å². The van der Waals surface area contributed by atoms with Crippen LogP contribution < -0.4 is 5.73 Å². The first-order valence-corrected chi connectivity index (χ1v) is 5.00. The second kappa shape index (κ2) is 4.33. The van der Waals surface area contributed by atoms with Gasteiger partial charge in [-0.3, -0.25) is 0 Å². The van der Waals surface area contributed by atoms with Crippen LogP contribution in [0.2, 0.25) is 0 Å². The second-order valence-electron chi connectivity index (χ2n) is 4.37. The van der Waals surface area contributed by atoms with Gasteiger partial charge in [-0.2, -0.15) is 0 Å². The molecule has 0 aliphatic heterocycles. The summed E-state index contributed by atoms with van der Waals surface area (Å²) in [6.07, 6.45) is 3.80. The summed E-state index contributed by atoms with van der Waals surface area (Å²) in [6, 6.07) is 8.82. The Morgan fingerprint density at radius 1 is 1.21 bits per heavy atom. The van der Waals surface area contributed by atoms with Gasteiger partial charge in [0.1, 0.15) is 0 Å². The first-order chi connectivity index (χ1) is 6.24. The molecule has 0 aromatic heterocycles. The van der Waals surface area contributed by atoms with E-state index in [4.69, 9.17) is 5.73 Å². The summed E-state index contributed by atoms with van der Waals surface area (Å²) in [7, 11) is 0. The molecule has 2 N–H and O–H groups in total. The van der Waals surface area contributed by atoms with E-state index in [-0.39, 0.29) is 12.4 Å². The standard InChI is InChI=1S/C12H17N.ClH/c1-10-2-4-11(5-3-10)8-12(9-13)6-7-12;/h2-5H,6-9,13H2,1H3;1H. The number of halogens is 1. The molecule has 0 unspecified atom stereocenters. The predicted octanol–water partition coefficient (Wildman–Crippen LogP) is 2.70. The van der Waals surface area contributed by atoms with Crippen molar-refractivity contribution >= 4 is 12.4 Å². The zero-order valence-electron chi connectivity index (χ0n) is 8.62. The van der Waals surface area contributed by atoms with Gasteiger partial charge in [-0.05, 0) is 43.7 Å². The van der Waals surface area contributed by atoms with Crippen LogP contribution in [0.3, 0.4) is 0 Å². The Bertz CT molecular complexity index is 288. The molecule has 0 heterocycles. The van der Waals surface area contributed by atoms with Crippen molar-refractivity contribution in [3.8, 4) is 0 Å². The molecule has 1 aromatic carbocycles. The van der Waals surface area contributed by atoms with Crippen molar-refractivity contribution in [2.75, 3.05) is 6.54 Å². The molecule has 0 amide bonds. The Morgan fingerprint density at radius 3 is 2.21 bits per heavy atom. The molecular formula is C12H18ClN. The fourth-order valence-corrected chi connectivity index (χ4v) is 1.77. The van der Waals surface area contributed by atoms with Gasteiger partial charge in [0.15, 0.2) is 0 Å². The summed E-state index contributed by atoms with van der Waals surface area (Å²) >= 11 is 0. The lowest BCUT2D eigenvalue weighted by Gasteiger charge is -2.11. The molecular weight excluding hydrogens is 194 g/mol. The van der Waals surface area contributed by atoms with E-state index in [1.54, 1.807) is 0 Å².